The molecule has 1 aromatic carbocycles. The number of hydrogen-bond donors (Lipinski definition) is 1. The first-order valence-electron chi connectivity index (χ1n) is 8.03. The lowest BCUT2D eigenvalue weighted by Gasteiger charge is -2.26. The Labute approximate surface area is 131 Å². The summed E-state index contributed by atoms with van der Waals surface area (Å²) in [6.45, 7) is 5.32. The maximum atomic E-state index is 4.42. The van der Waals surface area contributed by atoms with E-state index in [9.17, 15) is 0 Å². The van der Waals surface area contributed by atoms with Gasteiger partial charge in [-0.1, -0.05) is 37.6 Å². The van der Waals surface area contributed by atoms with E-state index in [1.54, 1.807) is 11.3 Å². The van der Waals surface area contributed by atoms with Crippen LogP contribution in [0.3, 0.4) is 0 Å². The smallest absolute Gasteiger partial charge is 0.0897 e. The van der Waals surface area contributed by atoms with Gasteiger partial charge in [0.05, 0.1) is 11.0 Å². The molecule has 1 fully saturated rings. The third-order valence-corrected chi connectivity index (χ3v) is 5.35. The Morgan fingerprint density at radius 3 is 2.57 bits per heavy atom. The van der Waals surface area contributed by atoms with Crippen LogP contribution < -0.4 is 5.32 Å². The summed E-state index contributed by atoms with van der Waals surface area (Å²) >= 11 is 1.79. The van der Waals surface area contributed by atoms with E-state index in [1.807, 2.05) is 6.20 Å². The van der Waals surface area contributed by atoms with Crippen molar-refractivity contribution in [1.29, 1.82) is 0 Å². The minimum absolute atomic E-state index is 0.284. The largest absolute Gasteiger partial charge is 0.306 e. The number of benzene rings is 1. The molecule has 1 N–H and O–H groups in total. The molecule has 1 aliphatic carbocycles. The van der Waals surface area contributed by atoms with Gasteiger partial charge < -0.3 is 5.32 Å². The van der Waals surface area contributed by atoms with E-state index < -0.39 is 0 Å². The number of nitrogens with zero attached hydrogens (tertiary/aromatic N) is 1. The Morgan fingerprint density at radius 2 is 2.05 bits per heavy atom. The molecule has 1 aromatic heterocycles. The van der Waals surface area contributed by atoms with Gasteiger partial charge in [-0.2, -0.15) is 0 Å². The van der Waals surface area contributed by atoms with Gasteiger partial charge in [0.15, 0.2) is 0 Å². The van der Waals surface area contributed by atoms with E-state index in [1.165, 1.54) is 35.3 Å². The fraction of sp³-hybridized carbons (Fsp3) is 0.500. The molecular weight excluding hydrogens is 276 g/mol. The summed E-state index contributed by atoms with van der Waals surface area (Å²) in [6, 6.07) is 9.54. The predicted octanol–water partition coefficient (Wildman–Crippen LogP) is 4.81. The van der Waals surface area contributed by atoms with Crippen LogP contribution in [0.1, 0.15) is 65.6 Å². The summed E-state index contributed by atoms with van der Waals surface area (Å²) in [5.41, 5.74) is 2.87. The van der Waals surface area contributed by atoms with Gasteiger partial charge in [-0.05, 0) is 49.8 Å². The number of thiazole rings is 1. The molecule has 0 aliphatic heterocycles. The first kappa shape index (κ1) is 14.7. The fourth-order valence-electron chi connectivity index (χ4n) is 2.88. The van der Waals surface area contributed by atoms with Crippen molar-refractivity contribution in [2.45, 2.75) is 51.5 Å². The summed E-state index contributed by atoms with van der Waals surface area (Å²) in [5, 5.41) is 4.80. The monoisotopic (exact) mass is 300 g/mol. The Kier molecular flexibility index (Phi) is 4.71. The molecule has 3 rings (SSSR count). The van der Waals surface area contributed by atoms with Crippen LogP contribution in [-0.2, 0) is 0 Å². The summed E-state index contributed by atoms with van der Waals surface area (Å²) in [5.74, 6) is 0.812. The molecule has 0 amide bonds. The van der Waals surface area contributed by atoms with Crippen LogP contribution in [0.25, 0.3) is 0 Å². The number of aryl methyl sites for hydroxylation is 1. The van der Waals surface area contributed by atoms with E-state index in [0.29, 0.717) is 0 Å². The van der Waals surface area contributed by atoms with Crippen LogP contribution in [0, 0.1) is 6.92 Å². The van der Waals surface area contributed by atoms with E-state index in [-0.39, 0.29) is 6.04 Å². The fourth-order valence-corrected chi connectivity index (χ4v) is 3.77. The van der Waals surface area contributed by atoms with E-state index in [0.717, 1.165) is 23.9 Å². The highest BCUT2D eigenvalue weighted by molar-refractivity contribution is 7.11. The van der Waals surface area contributed by atoms with Crippen molar-refractivity contribution in [3.8, 4) is 0 Å². The van der Waals surface area contributed by atoms with Crippen molar-refractivity contribution in [2.24, 2.45) is 0 Å². The van der Waals surface area contributed by atoms with Gasteiger partial charge in [0.2, 0.25) is 0 Å². The molecule has 0 saturated heterocycles. The quantitative estimate of drug-likeness (QED) is 0.828. The van der Waals surface area contributed by atoms with Crippen molar-refractivity contribution >= 4 is 11.3 Å². The normalized spacial score (nSPS) is 16.7. The van der Waals surface area contributed by atoms with Crippen molar-refractivity contribution in [3.05, 3.63) is 51.5 Å². The molecule has 2 aromatic rings. The van der Waals surface area contributed by atoms with E-state index >= 15 is 0 Å². The zero-order valence-corrected chi connectivity index (χ0v) is 13.7. The second-order valence-corrected chi connectivity index (χ2v) is 7.23. The Bertz CT molecular complexity index is 569. The molecule has 1 saturated carbocycles. The average Bonchev–Trinajstić information content (AvgIpc) is 2.85. The Balaban J connectivity index is 1.81. The van der Waals surface area contributed by atoms with Crippen molar-refractivity contribution in [3.63, 3.8) is 0 Å². The number of hydrogen-bond acceptors (Lipinski definition) is 3. The van der Waals surface area contributed by atoms with Gasteiger partial charge in [-0.15, -0.1) is 11.3 Å². The van der Waals surface area contributed by atoms with Crippen LogP contribution >= 0.6 is 11.3 Å². The van der Waals surface area contributed by atoms with Crippen molar-refractivity contribution in [1.82, 2.24) is 10.3 Å². The minimum atomic E-state index is 0.284. The third kappa shape index (κ3) is 3.35. The lowest BCUT2D eigenvalue weighted by molar-refractivity contribution is 0.419. The molecule has 2 nitrogen and oxygen atoms in total. The molecule has 1 atom stereocenters. The minimum Gasteiger partial charge on any atom is -0.306 e. The summed E-state index contributed by atoms with van der Waals surface area (Å²) < 4.78 is 0. The zero-order valence-electron chi connectivity index (χ0n) is 12.9. The van der Waals surface area contributed by atoms with Gasteiger partial charge in [0.25, 0.3) is 0 Å². The summed E-state index contributed by atoms with van der Waals surface area (Å²) in [4.78, 5) is 5.73. The second kappa shape index (κ2) is 6.71. The zero-order chi connectivity index (χ0) is 14.7. The number of nitrogens with one attached hydrogen (secondary N) is 1. The summed E-state index contributed by atoms with van der Waals surface area (Å²) in [6.07, 6.45) is 7.30. The van der Waals surface area contributed by atoms with Gasteiger partial charge in [0, 0.05) is 11.1 Å². The summed E-state index contributed by atoms with van der Waals surface area (Å²) in [7, 11) is 0. The lowest BCUT2D eigenvalue weighted by Crippen LogP contribution is -2.22. The van der Waals surface area contributed by atoms with Gasteiger partial charge >= 0.3 is 0 Å². The molecule has 0 radical (unpaired) electrons. The average molecular weight is 300 g/mol. The van der Waals surface area contributed by atoms with E-state index in [2.05, 4.69) is 48.4 Å². The first-order chi connectivity index (χ1) is 10.3. The molecule has 0 spiro atoms. The van der Waals surface area contributed by atoms with Crippen molar-refractivity contribution in [2.75, 3.05) is 6.54 Å². The Hall–Kier alpha value is -1.19. The van der Waals surface area contributed by atoms with Gasteiger partial charge in [-0.25, -0.2) is 4.98 Å². The van der Waals surface area contributed by atoms with Gasteiger partial charge in [0.1, 0.15) is 0 Å². The SMILES string of the molecule is CCCNC(c1ccc(C2CCC2)cc1)c1cnc(C)s1. The van der Waals surface area contributed by atoms with E-state index in [4.69, 9.17) is 0 Å². The molecule has 112 valence electrons. The number of aromatic nitrogens is 1. The maximum absolute atomic E-state index is 4.42. The number of rotatable bonds is 6. The molecule has 1 heterocycles. The molecule has 0 bridgehead atoms. The van der Waals surface area contributed by atoms with Crippen LogP contribution in [0.5, 0.6) is 0 Å². The highest BCUT2D eigenvalue weighted by atomic mass is 32.1. The second-order valence-electron chi connectivity index (χ2n) is 5.96. The Morgan fingerprint density at radius 1 is 1.29 bits per heavy atom. The first-order valence-corrected chi connectivity index (χ1v) is 8.85. The molecule has 1 aliphatic rings. The maximum Gasteiger partial charge on any atom is 0.0897 e. The van der Waals surface area contributed by atoms with Crippen LogP contribution in [0.4, 0.5) is 0 Å². The highest BCUT2D eigenvalue weighted by Crippen LogP contribution is 2.37. The van der Waals surface area contributed by atoms with Crippen molar-refractivity contribution < 1.29 is 0 Å². The lowest BCUT2D eigenvalue weighted by atomic mass is 9.80. The van der Waals surface area contributed by atoms with Gasteiger partial charge in [-0.3, -0.25) is 0 Å². The molecule has 3 heteroatoms. The van der Waals surface area contributed by atoms with Crippen LogP contribution in [-0.4, -0.2) is 11.5 Å². The third-order valence-electron chi connectivity index (χ3n) is 4.37. The molecule has 21 heavy (non-hydrogen) atoms. The van der Waals surface area contributed by atoms with Crippen LogP contribution in [0.2, 0.25) is 0 Å². The standard InChI is InChI=1S/C18H24N2S/c1-3-11-19-18(17-12-20-13(2)21-17)16-9-7-15(8-10-16)14-5-4-6-14/h7-10,12,14,18-19H,3-6,11H2,1-2H3. The molecule has 1 unspecified atom stereocenters. The topological polar surface area (TPSA) is 24.9 Å². The predicted molar refractivity (Wildman–Crippen MR) is 90.0 cm³/mol. The molecular formula is C18H24N2S. The van der Waals surface area contributed by atoms with Crippen LogP contribution in [0.15, 0.2) is 30.5 Å². The highest BCUT2D eigenvalue weighted by Gasteiger charge is 2.20.